The van der Waals surface area contributed by atoms with Crippen LogP contribution in [-0.2, 0) is 21.2 Å². The van der Waals surface area contributed by atoms with Crippen molar-refractivity contribution >= 4 is 27.6 Å². The number of hydrogen-bond donors (Lipinski definition) is 2. The number of carbonyl (C=O) groups is 2. The number of nitrogens with zero attached hydrogens (tertiary/aromatic N) is 1. The van der Waals surface area contributed by atoms with Gasteiger partial charge in [0.05, 0.1) is 24.5 Å². The fourth-order valence-electron chi connectivity index (χ4n) is 4.47. The molecule has 0 fully saturated rings. The molecule has 0 aliphatic carbocycles. The fourth-order valence-corrected chi connectivity index (χ4v) is 5.65. The quantitative estimate of drug-likeness (QED) is 0.284. The summed E-state index contributed by atoms with van der Waals surface area (Å²) in [5.74, 6) is 0.255. The Labute approximate surface area is 233 Å². The van der Waals surface area contributed by atoms with E-state index in [4.69, 9.17) is 9.15 Å². The number of rotatable bonds is 10. The van der Waals surface area contributed by atoms with Crippen molar-refractivity contribution < 1.29 is 27.2 Å². The number of benzene rings is 3. The number of furan rings is 1. The van der Waals surface area contributed by atoms with Crippen molar-refractivity contribution in [3.05, 3.63) is 103 Å². The molecule has 2 N–H and O–H groups in total. The molecule has 10 heteroatoms. The van der Waals surface area contributed by atoms with Crippen molar-refractivity contribution in [2.45, 2.75) is 31.2 Å². The number of carbonyl (C=O) groups excluding carboxylic acids is 2. The van der Waals surface area contributed by atoms with Gasteiger partial charge in [-0.25, -0.2) is 17.9 Å². The molecule has 1 aromatic heterocycles. The lowest BCUT2D eigenvalue weighted by atomic mass is 10.0. The van der Waals surface area contributed by atoms with Gasteiger partial charge in [0, 0.05) is 24.2 Å². The van der Waals surface area contributed by atoms with Gasteiger partial charge in [0.25, 0.3) is 10.0 Å². The van der Waals surface area contributed by atoms with E-state index >= 15 is 0 Å². The van der Waals surface area contributed by atoms with Crippen molar-refractivity contribution in [2.24, 2.45) is 0 Å². The second kappa shape index (κ2) is 12.5. The average molecular weight is 562 g/mol. The van der Waals surface area contributed by atoms with Crippen LogP contribution in [0.3, 0.4) is 0 Å². The minimum atomic E-state index is -4.27. The number of sulfonamides is 1. The van der Waals surface area contributed by atoms with Gasteiger partial charge < -0.3 is 19.4 Å². The van der Waals surface area contributed by atoms with E-state index in [-0.39, 0.29) is 17.2 Å². The number of likely N-dealkylation sites (N-methyl/N-ethyl adjacent to an activating group) is 1. The first kappa shape index (κ1) is 28.4. The van der Waals surface area contributed by atoms with Crippen molar-refractivity contribution in [2.75, 3.05) is 18.6 Å². The maximum Gasteiger partial charge on any atom is 0.329 e. The third kappa shape index (κ3) is 6.52. The molecule has 0 spiro atoms. The van der Waals surface area contributed by atoms with E-state index in [1.165, 1.54) is 23.5 Å². The summed E-state index contributed by atoms with van der Waals surface area (Å²) in [6, 6.07) is 20.6. The summed E-state index contributed by atoms with van der Waals surface area (Å²) in [7, 11) is -2.71. The molecule has 0 saturated carbocycles. The van der Waals surface area contributed by atoms with Crippen LogP contribution in [0.2, 0.25) is 0 Å². The second-order valence-electron chi connectivity index (χ2n) is 9.04. The van der Waals surface area contributed by atoms with Crippen LogP contribution in [0.15, 0.2) is 101 Å². The standard InChI is InChI=1S/C30H31N3O6S/c1-4-33(24-13-15-25(38-3)16-14-24)29(34)27(19-22-9-6-5-7-10-22)31-30(35)32-40(36,37)28-12-8-11-26(21(28)2)23-17-18-39-20-23/h5-18,20,27H,4,19H2,1-3H3,(H2,31,32,35)/t27-/m0/s1. The van der Waals surface area contributed by atoms with Gasteiger partial charge in [-0.15, -0.1) is 0 Å². The van der Waals surface area contributed by atoms with Gasteiger partial charge in [0.2, 0.25) is 5.91 Å². The number of nitrogens with one attached hydrogen (secondary N) is 2. The van der Waals surface area contributed by atoms with Crippen LogP contribution in [0.1, 0.15) is 18.1 Å². The van der Waals surface area contributed by atoms with E-state index < -0.39 is 22.1 Å². The van der Waals surface area contributed by atoms with Gasteiger partial charge >= 0.3 is 6.03 Å². The van der Waals surface area contributed by atoms with Crippen molar-refractivity contribution in [3.8, 4) is 16.9 Å². The van der Waals surface area contributed by atoms with E-state index in [2.05, 4.69) is 10.0 Å². The average Bonchev–Trinajstić information content (AvgIpc) is 3.48. The second-order valence-corrected chi connectivity index (χ2v) is 10.7. The maximum absolute atomic E-state index is 13.7. The molecular formula is C30H31N3O6S. The lowest BCUT2D eigenvalue weighted by molar-refractivity contribution is -0.120. The molecule has 4 aromatic rings. The molecule has 0 bridgehead atoms. The van der Waals surface area contributed by atoms with Gasteiger partial charge in [-0.1, -0.05) is 42.5 Å². The van der Waals surface area contributed by atoms with Crippen LogP contribution >= 0.6 is 0 Å². The zero-order chi connectivity index (χ0) is 28.7. The smallest absolute Gasteiger partial charge is 0.329 e. The lowest BCUT2D eigenvalue weighted by Gasteiger charge is -2.27. The largest absolute Gasteiger partial charge is 0.497 e. The summed E-state index contributed by atoms with van der Waals surface area (Å²) < 4.78 is 38.9. The van der Waals surface area contributed by atoms with Gasteiger partial charge in [-0.3, -0.25) is 4.79 Å². The number of amides is 3. The molecule has 1 heterocycles. The Morgan fingerprint density at radius 3 is 2.33 bits per heavy atom. The Hall–Kier alpha value is -4.57. The van der Waals surface area contributed by atoms with Crippen molar-refractivity contribution in [1.29, 1.82) is 0 Å². The Balaban J connectivity index is 1.58. The monoisotopic (exact) mass is 561 g/mol. The first-order valence-electron chi connectivity index (χ1n) is 12.7. The predicted molar refractivity (Wildman–Crippen MR) is 153 cm³/mol. The first-order chi connectivity index (χ1) is 19.2. The molecule has 3 amide bonds. The fraction of sp³-hybridized carbons (Fsp3) is 0.200. The summed E-state index contributed by atoms with van der Waals surface area (Å²) in [5.41, 5.74) is 3.25. The third-order valence-corrected chi connectivity index (χ3v) is 7.96. The molecule has 208 valence electrons. The molecule has 9 nitrogen and oxygen atoms in total. The van der Waals surface area contributed by atoms with E-state index in [0.29, 0.717) is 34.7 Å². The first-order valence-corrected chi connectivity index (χ1v) is 14.2. The Kier molecular flexibility index (Phi) is 8.90. The molecule has 4 rings (SSSR count). The number of urea groups is 1. The van der Waals surface area contributed by atoms with E-state index in [0.717, 1.165) is 5.56 Å². The number of anilines is 1. The topological polar surface area (TPSA) is 118 Å². The van der Waals surface area contributed by atoms with Crippen LogP contribution in [-0.4, -0.2) is 40.1 Å². The zero-order valence-corrected chi connectivity index (χ0v) is 23.3. The Morgan fingerprint density at radius 1 is 0.975 bits per heavy atom. The number of hydrogen-bond acceptors (Lipinski definition) is 6. The summed E-state index contributed by atoms with van der Waals surface area (Å²) in [6.45, 7) is 3.81. The van der Waals surface area contributed by atoms with Gasteiger partial charge in [-0.05, 0) is 66.9 Å². The van der Waals surface area contributed by atoms with Crippen LogP contribution in [0.5, 0.6) is 5.75 Å². The SMILES string of the molecule is CCN(C(=O)[C@H](Cc1ccccc1)NC(=O)NS(=O)(=O)c1cccc(-c2ccoc2)c1C)c1ccc(OC)cc1. The highest BCUT2D eigenvalue weighted by Crippen LogP contribution is 2.28. The van der Waals surface area contributed by atoms with E-state index in [9.17, 15) is 18.0 Å². The molecule has 0 unspecified atom stereocenters. The Bertz CT molecular complexity index is 1550. The summed E-state index contributed by atoms with van der Waals surface area (Å²) in [4.78, 5) is 28.3. The summed E-state index contributed by atoms with van der Waals surface area (Å²) >= 11 is 0. The molecule has 0 saturated heterocycles. The zero-order valence-electron chi connectivity index (χ0n) is 22.5. The van der Waals surface area contributed by atoms with Crippen LogP contribution < -0.4 is 19.7 Å². The molecule has 3 aromatic carbocycles. The minimum Gasteiger partial charge on any atom is -0.497 e. The van der Waals surface area contributed by atoms with Crippen molar-refractivity contribution in [1.82, 2.24) is 10.0 Å². The van der Waals surface area contributed by atoms with Crippen LogP contribution in [0, 0.1) is 6.92 Å². The van der Waals surface area contributed by atoms with Gasteiger partial charge in [0.15, 0.2) is 0 Å². The molecule has 0 aliphatic heterocycles. The highest BCUT2D eigenvalue weighted by atomic mass is 32.2. The van der Waals surface area contributed by atoms with Gasteiger partial charge in [-0.2, -0.15) is 0 Å². The molecule has 0 radical (unpaired) electrons. The normalized spacial score (nSPS) is 11.9. The highest BCUT2D eigenvalue weighted by molar-refractivity contribution is 7.90. The van der Waals surface area contributed by atoms with E-state index in [1.54, 1.807) is 56.5 Å². The minimum absolute atomic E-state index is 0.0549. The molecule has 40 heavy (non-hydrogen) atoms. The van der Waals surface area contributed by atoms with E-state index in [1.807, 2.05) is 37.3 Å². The summed E-state index contributed by atoms with van der Waals surface area (Å²) in [5, 5.41) is 2.60. The van der Waals surface area contributed by atoms with Crippen molar-refractivity contribution in [3.63, 3.8) is 0 Å². The molecule has 1 atom stereocenters. The van der Waals surface area contributed by atoms with Crippen LogP contribution in [0.4, 0.5) is 10.5 Å². The number of ether oxygens (including phenoxy) is 1. The third-order valence-electron chi connectivity index (χ3n) is 6.49. The highest BCUT2D eigenvalue weighted by Gasteiger charge is 2.29. The Morgan fingerprint density at radius 2 is 1.70 bits per heavy atom. The van der Waals surface area contributed by atoms with Gasteiger partial charge in [0.1, 0.15) is 11.8 Å². The summed E-state index contributed by atoms with van der Waals surface area (Å²) in [6.07, 6.45) is 3.17. The number of methoxy groups -OCH3 is 1. The lowest BCUT2D eigenvalue weighted by Crippen LogP contribution is -2.53. The van der Waals surface area contributed by atoms with Crippen LogP contribution in [0.25, 0.3) is 11.1 Å². The molecule has 0 aliphatic rings. The predicted octanol–water partition coefficient (Wildman–Crippen LogP) is 4.92. The molecular weight excluding hydrogens is 530 g/mol. The maximum atomic E-state index is 13.7.